The number of methoxy groups -OCH3 is 1. The summed E-state index contributed by atoms with van der Waals surface area (Å²) in [6.07, 6.45) is 1.65. The number of benzene rings is 2. The van der Waals surface area contributed by atoms with E-state index in [-0.39, 0.29) is 23.3 Å². The summed E-state index contributed by atoms with van der Waals surface area (Å²) in [5, 5.41) is 0. The number of carbonyl (C=O) groups is 1. The number of rotatable bonds is 5. The van der Waals surface area contributed by atoms with Gasteiger partial charge in [-0.25, -0.2) is 13.1 Å². The molecule has 0 radical (unpaired) electrons. The average Bonchev–Trinajstić information content (AvgIpc) is 2.93. The normalized spacial score (nSPS) is 18.5. The highest BCUT2D eigenvalue weighted by Crippen LogP contribution is 2.43. The van der Waals surface area contributed by atoms with Crippen LogP contribution < -0.4 is 14.4 Å². The molecule has 0 spiro atoms. The van der Waals surface area contributed by atoms with Crippen molar-refractivity contribution in [1.82, 2.24) is 4.72 Å². The Labute approximate surface area is 159 Å². The first kappa shape index (κ1) is 18.0. The van der Waals surface area contributed by atoms with Crippen molar-refractivity contribution >= 4 is 21.6 Å². The molecule has 0 aromatic heterocycles. The van der Waals surface area contributed by atoms with E-state index in [0.29, 0.717) is 6.54 Å². The maximum Gasteiger partial charge on any atom is 0.240 e. The Kier molecular flexibility index (Phi) is 4.44. The fraction of sp³-hybridized carbons (Fsp3) is 0.350. The number of amides is 1. The van der Waals surface area contributed by atoms with Gasteiger partial charge in [0.25, 0.3) is 0 Å². The van der Waals surface area contributed by atoms with Gasteiger partial charge in [-0.2, -0.15) is 0 Å². The van der Waals surface area contributed by atoms with Crippen LogP contribution in [0.2, 0.25) is 0 Å². The molecule has 2 aromatic rings. The van der Waals surface area contributed by atoms with E-state index in [2.05, 4.69) is 4.72 Å². The molecule has 2 heterocycles. The van der Waals surface area contributed by atoms with Crippen molar-refractivity contribution in [2.45, 2.75) is 37.1 Å². The molecule has 1 N–H and O–H groups in total. The summed E-state index contributed by atoms with van der Waals surface area (Å²) in [7, 11) is -2.09. The maximum absolute atomic E-state index is 12.9. The summed E-state index contributed by atoms with van der Waals surface area (Å²) >= 11 is 0. The zero-order chi connectivity index (χ0) is 19.2. The van der Waals surface area contributed by atoms with E-state index in [1.165, 1.54) is 0 Å². The predicted octanol–water partition coefficient (Wildman–Crippen LogP) is 2.57. The van der Waals surface area contributed by atoms with Gasteiger partial charge in [0, 0.05) is 13.1 Å². The second kappa shape index (κ2) is 6.65. The minimum atomic E-state index is -3.67. The number of hydrogen-bond donors (Lipinski definition) is 1. The third kappa shape index (κ3) is 3.11. The van der Waals surface area contributed by atoms with Gasteiger partial charge in [0.2, 0.25) is 15.9 Å². The Morgan fingerprint density at radius 2 is 1.96 bits per heavy atom. The van der Waals surface area contributed by atoms with Crippen molar-refractivity contribution in [1.29, 1.82) is 0 Å². The van der Waals surface area contributed by atoms with E-state index in [0.717, 1.165) is 41.0 Å². The second-order valence-corrected chi connectivity index (χ2v) is 8.77. The van der Waals surface area contributed by atoms with E-state index >= 15 is 0 Å². The number of aryl methyl sites for hydroxylation is 1. The predicted molar refractivity (Wildman–Crippen MR) is 103 cm³/mol. The van der Waals surface area contributed by atoms with Gasteiger partial charge in [-0.15, -0.1) is 0 Å². The van der Waals surface area contributed by atoms with Gasteiger partial charge < -0.3 is 9.64 Å². The highest BCUT2D eigenvalue weighted by atomic mass is 32.2. The molecule has 1 atom stereocenters. The molecular weight excluding hydrogens is 364 g/mol. The van der Waals surface area contributed by atoms with Crippen LogP contribution in [0.3, 0.4) is 0 Å². The largest absolute Gasteiger partial charge is 0.497 e. The molecule has 0 aliphatic carbocycles. The number of carbonyl (C=O) groups excluding carboxylic acids is 1. The van der Waals surface area contributed by atoms with Crippen molar-refractivity contribution in [3.63, 3.8) is 0 Å². The van der Waals surface area contributed by atoms with Gasteiger partial charge in [-0.05, 0) is 60.7 Å². The zero-order valence-electron chi connectivity index (χ0n) is 15.4. The van der Waals surface area contributed by atoms with Gasteiger partial charge >= 0.3 is 0 Å². The SMILES string of the molecule is COc1ccc(CNS(=O)(=O)c2cc3c4c(c2)[C@@H](C)C(=O)N4CCC3)cc1. The highest BCUT2D eigenvalue weighted by Gasteiger charge is 2.38. The molecule has 2 aromatic carbocycles. The van der Waals surface area contributed by atoms with Crippen LogP contribution in [-0.4, -0.2) is 28.0 Å². The summed E-state index contributed by atoms with van der Waals surface area (Å²) < 4.78 is 33.5. The molecule has 142 valence electrons. The third-order valence-electron chi connectivity index (χ3n) is 5.33. The summed E-state index contributed by atoms with van der Waals surface area (Å²) in [5.74, 6) is 0.489. The molecule has 1 amide bonds. The second-order valence-electron chi connectivity index (χ2n) is 7.01. The van der Waals surface area contributed by atoms with E-state index in [9.17, 15) is 13.2 Å². The molecule has 4 rings (SSSR count). The van der Waals surface area contributed by atoms with E-state index < -0.39 is 10.0 Å². The van der Waals surface area contributed by atoms with Crippen LogP contribution in [0.4, 0.5) is 5.69 Å². The van der Waals surface area contributed by atoms with Crippen LogP contribution in [0.5, 0.6) is 5.75 Å². The molecule has 0 saturated heterocycles. The molecular formula is C20H22N2O4S. The van der Waals surface area contributed by atoms with Crippen molar-refractivity contribution in [3.8, 4) is 5.75 Å². The molecule has 2 aliphatic heterocycles. The fourth-order valence-corrected chi connectivity index (χ4v) is 4.93. The van der Waals surface area contributed by atoms with Crippen LogP contribution in [0.1, 0.15) is 36.0 Å². The quantitative estimate of drug-likeness (QED) is 0.857. The molecule has 2 aliphatic rings. The number of sulfonamides is 1. The lowest BCUT2D eigenvalue weighted by atomic mass is 9.97. The van der Waals surface area contributed by atoms with Crippen LogP contribution >= 0.6 is 0 Å². The van der Waals surface area contributed by atoms with Crippen LogP contribution in [0.15, 0.2) is 41.3 Å². The van der Waals surface area contributed by atoms with E-state index in [4.69, 9.17) is 4.74 Å². The van der Waals surface area contributed by atoms with Crippen molar-refractivity contribution in [3.05, 3.63) is 53.1 Å². The minimum absolute atomic E-state index is 0.0617. The monoisotopic (exact) mass is 386 g/mol. The molecule has 6 nitrogen and oxygen atoms in total. The Morgan fingerprint density at radius 1 is 1.22 bits per heavy atom. The minimum Gasteiger partial charge on any atom is -0.497 e. The van der Waals surface area contributed by atoms with Gasteiger partial charge in [0.15, 0.2) is 0 Å². The van der Waals surface area contributed by atoms with Gasteiger partial charge in [0.1, 0.15) is 5.75 Å². The van der Waals surface area contributed by atoms with Gasteiger partial charge in [-0.1, -0.05) is 12.1 Å². The van der Waals surface area contributed by atoms with Crippen molar-refractivity contribution in [2.24, 2.45) is 0 Å². The summed E-state index contributed by atoms with van der Waals surface area (Å²) in [6.45, 7) is 2.75. The van der Waals surface area contributed by atoms with Crippen molar-refractivity contribution in [2.75, 3.05) is 18.6 Å². The molecule has 0 bridgehead atoms. The Hall–Kier alpha value is -2.38. The Bertz CT molecular complexity index is 999. The number of ether oxygens (including phenoxy) is 1. The van der Waals surface area contributed by atoms with E-state index in [1.807, 2.05) is 19.1 Å². The maximum atomic E-state index is 12.9. The van der Waals surface area contributed by atoms with Crippen LogP contribution in [0, 0.1) is 0 Å². The number of nitrogens with one attached hydrogen (secondary N) is 1. The standard InChI is InChI=1S/C20H22N2O4S/c1-13-18-11-17(10-15-4-3-9-22(19(15)18)20(13)23)27(24,25)21-12-14-5-7-16(26-2)8-6-14/h5-8,10-11,13,21H,3-4,9,12H2,1-2H3/t13-/m1/s1. The van der Waals surface area contributed by atoms with Gasteiger partial charge in [0.05, 0.1) is 23.6 Å². The van der Waals surface area contributed by atoms with Crippen LogP contribution in [-0.2, 0) is 27.8 Å². The summed E-state index contributed by atoms with van der Waals surface area (Å²) in [6, 6.07) is 10.6. The molecule has 7 heteroatoms. The lowest BCUT2D eigenvalue weighted by Gasteiger charge is -2.26. The number of hydrogen-bond acceptors (Lipinski definition) is 4. The zero-order valence-corrected chi connectivity index (χ0v) is 16.2. The summed E-state index contributed by atoms with van der Waals surface area (Å²) in [4.78, 5) is 14.5. The molecule has 0 fully saturated rings. The van der Waals surface area contributed by atoms with Crippen LogP contribution in [0.25, 0.3) is 0 Å². The number of anilines is 1. The molecule has 0 unspecified atom stereocenters. The Balaban J connectivity index is 1.62. The molecule has 0 saturated carbocycles. The number of nitrogens with zero attached hydrogens (tertiary/aromatic N) is 1. The first-order valence-electron chi connectivity index (χ1n) is 9.01. The smallest absolute Gasteiger partial charge is 0.240 e. The van der Waals surface area contributed by atoms with Gasteiger partial charge in [-0.3, -0.25) is 4.79 Å². The fourth-order valence-electron chi connectivity index (χ4n) is 3.83. The topological polar surface area (TPSA) is 75.7 Å². The first-order chi connectivity index (χ1) is 12.9. The Morgan fingerprint density at radius 3 is 2.67 bits per heavy atom. The first-order valence-corrected chi connectivity index (χ1v) is 10.5. The van der Waals surface area contributed by atoms with Crippen molar-refractivity contribution < 1.29 is 17.9 Å². The molecule has 27 heavy (non-hydrogen) atoms. The third-order valence-corrected chi connectivity index (χ3v) is 6.71. The summed E-state index contributed by atoms with van der Waals surface area (Å²) in [5.41, 5.74) is 3.53. The lowest BCUT2D eigenvalue weighted by Crippen LogP contribution is -2.32. The average molecular weight is 386 g/mol. The lowest BCUT2D eigenvalue weighted by molar-refractivity contribution is -0.119. The van der Waals surface area contributed by atoms with E-state index in [1.54, 1.807) is 36.3 Å². The highest BCUT2D eigenvalue weighted by molar-refractivity contribution is 7.89.